The summed E-state index contributed by atoms with van der Waals surface area (Å²) >= 11 is 0. The molecule has 11 nitrogen and oxygen atoms in total. The molecule has 144 valence electrons. The Hall–Kier alpha value is -3.28. The van der Waals surface area contributed by atoms with Crippen molar-refractivity contribution >= 4 is 27.9 Å². The van der Waals surface area contributed by atoms with Gasteiger partial charge in [0, 0.05) is 32.6 Å². The molecule has 27 heavy (non-hydrogen) atoms. The number of aromatic nitrogens is 3. The van der Waals surface area contributed by atoms with Crippen LogP contribution < -0.4 is 14.8 Å². The number of urea groups is 1. The van der Waals surface area contributed by atoms with E-state index in [4.69, 9.17) is 4.74 Å². The molecule has 2 rings (SSSR count). The van der Waals surface area contributed by atoms with Crippen LogP contribution in [0.15, 0.2) is 35.6 Å². The van der Waals surface area contributed by atoms with Crippen molar-refractivity contribution in [3.05, 3.63) is 36.2 Å². The molecular weight excluding hydrogens is 376 g/mol. The van der Waals surface area contributed by atoms with Gasteiger partial charge in [-0.15, -0.1) is 0 Å². The van der Waals surface area contributed by atoms with Crippen LogP contribution in [0.2, 0.25) is 0 Å². The molecule has 0 aromatic carbocycles. The Bertz CT molecular complexity index is 947. The highest BCUT2D eigenvalue weighted by Crippen LogP contribution is 2.14. The molecule has 0 bridgehead atoms. The molecule has 0 saturated heterocycles. The number of carbonyl (C=O) groups excluding carboxylic acids is 2. The molecular formula is C15H18N6O5S. The predicted octanol–water partition coefficient (Wildman–Crippen LogP) is 0.482. The van der Waals surface area contributed by atoms with E-state index in [9.17, 15) is 18.0 Å². The van der Waals surface area contributed by atoms with Gasteiger partial charge >= 0.3 is 6.03 Å². The number of anilines is 1. The number of pyridine rings is 1. The summed E-state index contributed by atoms with van der Waals surface area (Å²) in [7, 11) is -1.48. The Morgan fingerprint density at radius 2 is 1.93 bits per heavy atom. The fourth-order valence-electron chi connectivity index (χ4n) is 1.94. The van der Waals surface area contributed by atoms with Crippen molar-refractivity contribution in [3.8, 4) is 5.88 Å². The number of nitrogens with zero attached hydrogens (tertiary/aromatic N) is 4. The van der Waals surface area contributed by atoms with Gasteiger partial charge in [0.25, 0.3) is 15.9 Å². The van der Waals surface area contributed by atoms with Crippen LogP contribution in [-0.2, 0) is 10.0 Å². The number of rotatable bonds is 6. The van der Waals surface area contributed by atoms with Crippen molar-refractivity contribution in [3.63, 3.8) is 0 Å². The molecule has 0 unspecified atom stereocenters. The van der Waals surface area contributed by atoms with E-state index in [0.29, 0.717) is 6.61 Å². The third kappa shape index (κ3) is 5.10. The minimum atomic E-state index is -4.42. The summed E-state index contributed by atoms with van der Waals surface area (Å²) in [5, 5.41) is 1.62. The van der Waals surface area contributed by atoms with Crippen molar-refractivity contribution in [1.29, 1.82) is 0 Å². The maximum absolute atomic E-state index is 12.5. The summed E-state index contributed by atoms with van der Waals surface area (Å²) in [6, 6.07) is 3.09. The van der Waals surface area contributed by atoms with Gasteiger partial charge in [0.15, 0.2) is 5.03 Å². The topological polar surface area (TPSA) is 143 Å². The normalized spacial score (nSPS) is 10.8. The zero-order valence-corrected chi connectivity index (χ0v) is 15.6. The van der Waals surface area contributed by atoms with Crippen LogP contribution in [0.4, 0.5) is 10.7 Å². The van der Waals surface area contributed by atoms with Crippen LogP contribution in [0.5, 0.6) is 5.88 Å². The molecule has 2 aromatic rings. The lowest BCUT2D eigenvalue weighted by Gasteiger charge is -2.14. The molecule has 0 atom stereocenters. The van der Waals surface area contributed by atoms with E-state index in [1.807, 2.05) is 0 Å². The fraction of sp³-hybridized carbons (Fsp3) is 0.267. The second-order valence-corrected chi connectivity index (χ2v) is 6.86. The minimum Gasteiger partial charge on any atom is -0.478 e. The van der Waals surface area contributed by atoms with E-state index < -0.39 is 27.0 Å². The first-order valence-electron chi connectivity index (χ1n) is 7.71. The van der Waals surface area contributed by atoms with Crippen LogP contribution >= 0.6 is 0 Å². The predicted molar refractivity (Wildman–Crippen MR) is 94.8 cm³/mol. The van der Waals surface area contributed by atoms with Crippen LogP contribution in [0.1, 0.15) is 17.3 Å². The van der Waals surface area contributed by atoms with Crippen molar-refractivity contribution in [2.75, 3.05) is 26.0 Å². The summed E-state index contributed by atoms with van der Waals surface area (Å²) in [4.78, 5) is 36.8. The van der Waals surface area contributed by atoms with Gasteiger partial charge in [0.1, 0.15) is 0 Å². The number of nitrogens with one attached hydrogen (secondary N) is 2. The molecule has 0 saturated carbocycles. The molecule has 2 heterocycles. The lowest BCUT2D eigenvalue weighted by atomic mass is 10.2. The zero-order chi connectivity index (χ0) is 20.0. The van der Waals surface area contributed by atoms with Crippen molar-refractivity contribution < 1.29 is 22.7 Å². The number of amides is 3. The smallest absolute Gasteiger partial charge is 0.335 e. The van der Waals surface area contributed by atoms with Crippen molar-refractivity contribution in [1.82, 2.24) is 24.6 Å². The van der Waals surface area contributed by atoms with Crippen molar-refractivity contribution in [2.24, 2.45) is 0 Å². The fourth-order valence-corrected chi connectivity index (χ4v) is 2.97. The Morgan fingerprint density at radius 1 is 1.19 bits per heavy atom. The Balaban J connectivity index is 2.20. The van der Waals surface area contributed by atoms with E-state index in [1.54, 1.807) is 11.6 Å². The molecule has 2 aromatic heterocycles. The number of sulfonamides is 1. The summed E-state index contributed by atoms with van der Waals surface area (Å²) in [5.41, 5.74) is -0.169. The second kappa shape index (κ2) is 8.40. The maximum atomic E-state index is 12.5. The Labute approximate surface area is 155 Å². The number of carbonyl (C=O) groups is 2. The molecule has 0 aliphatic rings. The van der Waals surface area contributed by atoms with E-state index in [0.717, 1.165) is 0 Å². The zero-order valence-electron chi connectivity index (χ0n) is 14.8. The van der Waals surface area contributed by atoms with Crippen LogP contribution in [0.25, 0.3) is 0 Å². The Kier molecular flexibility index (Phi) is 6.23. The van der Waals surface area contributed by atoms with E-state index in [2.05, 4.69) is 20.3 Å². The van der Waals surface area contributed by atoms with Crippen LogP contribution in [-0.4, -0.2) is 60.9 Å². The van der Waals surface area contributed by atoms with Gasteiger partial charge in [0.2, 0.25) is 11.8 Å². The standard InChI is InChI=1S/C15H18N6O5S/c1-4-26-11-7-9-17-14(18-11)19-15(23)20-27(24,25)12-10(6-5-8-16-12)13(22)21(2)3/h5-9H,4H2,1-3H3,(H2,17,18,19,20,23). The highest BCUT2D eigenvalue weighted by molar-refractivity contribution is 7.90. The van der Waals surface area contributed by atoms with Gasteiger partial charge in [-0.25, -0.2) is 19.5 Å². The lowest BCUT2D eigenvalue weighted by molar-refractivity contribution is 0.0823. The Morgan fingerprint density at radius 3 is 2.59 bits per heavy atom. The number of hydrogen-bond acceptors (Lipinski definition) is 8. The summed E-state index contributed by atoms with van der Waals surface area (Å²) in [6.07, 6.45) is 2.54. The first kappa shape index (κ1) is 20.0. The van der Waals surface area contributed by atoms with Gasteiger partial charge in [-0.1, -0.05) is 0 Å². The first-order valence-corrected chi connectivity index (χ1v) is 9.19. The first-order chi connectivity index (χ1) is 12.7. The highest BCUT2D eigenvalue weighted by Gasteiger charge is 2.26. The number of hydrogen-bond donors (Lipinski definition) is 2. The summed E-state index contributed by atoms with van der Waals surface area (Å²) in [6.45, 7) is 2.12. The number of ether oxygens (including phenoxy) is 1. The maximum Gasteiger partial charge on any atom is 0.335 e. The quantitative estimate of drug-likeness (QED) is 0.720. The van der Waals surface area contributed by atoms with Gasteiger partial charge in [-0.3, -0.25) is 10.1 Å². The third-order valence-electron chi connectivity index (χ3n) is 3.04. The molecule has 0 radical (unpaired) electrons. The lowest BCUT2D eigenvalue weighted by Crippen LogP contribution is -2.36. The summed E-state index contributed by atoms with van der Waals surface area (Å²) < 4.78 is 31.9. The molecule has 0 aliphatic heterocycles. The van der Waals surface area contributed by atoms with Gasteiger partial charge in [-0.05, 0) is 19.1 Å². The third-order valence-corrected chi connectivity index (χ3v) is 4.33. The van der Waals surface area contributed by atoms with Gasteiger partial charge in [0.05, 0.1) is 12.2 Å². The summed E-state index contributed by atoms with van der Waals surface area (Å²) in [5.74, 6) is -0.509. The molecule has 0 spiro atoms. The SMILES string of the molecule is CCOc1ccnc(NC(=O)NS(=O)(=O)c2ncccc2C(=O)N(C)C)n1. The molecule has 0 aliphatic carbocycles. The average Bonchev–Trinajstić information content (AvgIpc) is 2.61. The van der Waals surface area contributed by atoms with E-state index in [-0.39, 0.29) is 17.4 Å². The molecule has 2 N–H and O–H groups in total. The van der Waals surface area contributed by atoms with Crippen LogP contribution in [0, 0.1) is 0 Å². The molecule has 12 heteroatoms. The monoisotopic (exact) mass is 394 g/mol. The molecule has 3 amide bonds. The minimum absolute atomic E-state index is 0.153. The second-order valence-electron chi connectivity index (χ2n) is 5.27. The van der Waals surface area contributed by atoms with Gasteiger partial charge < -0.3 is 9.64 Å². The van der Waals surface area contributed by atoms with Crippen LogP contribution in [0.3, 0.4) is 0 Å². The van der Waals surface area contributed by atoms with Crippen molar-refractivity contribution in [2.45, 2.75) is 11.9 Å². The largest absolute Gasteiger partial charge is 0.478 e. The molecule has 0 fully saturated rings. The van der Waals surface area contributed by atoms with E-state index in [1.165, 1.54) is 49.6 Å². The van der Waals surface area contributed by atoms with E-state index >= 15 is 0 Å². The van der Waals surface area contributed by atoms with Gasteiger partial charge in [-0.2, -0.15) is 13.4 Å². The highest BCUT2D eigenvalue weighted by atomic mass is 32.2. The average molecular weight is 394 g/mol.